The molecule has 31 heavy (non-hydrogen) atoms. The maximum atomic E-state index is 12.5. The van der Waals surface area contributed by atoms with Crippen LogP contribution in [0.4, 0.5) is 0 Å². The van der Waals surface area contributed by atoms with E-state index in [0.29, 0.717) is 17.6 Å². The van der Waals surface area contributed by atoms with E-state index in [2.05, 4.69) is 65.8 Å². The van der Waals surface area contributed by atoms with Crippen molar-refractivity contribution in [3.63, 3.8) is 0 Å². The van der Waals surface area contributed by atoms with E-state index in [0.717, 1.165) is 5.56 Å². The lowest BCUT2D eigenvalue weighted by Gasteiger charge is -2.32. The minimum absolute atomic E-state index is 0.134. The number of benzene rings is 2. The van der Waals surface area contributed by atoms with E-state index in [-0.39, 0.29) is 16.9 Å². The van der Waals surface area contributed by atoms with Crippen LogP contribution in [0.5, 0.6) is 0 Å². The van der Waals surface area contributed by atoms with Crippen molar-refractivity contribution < 1.29 is 14.0 Å². The Morgan fingerprint density at radius 2 is 1.68 bits per heavy atom. The van der Waals surface area contributed by atoms with Crippen molar-refractivity contribution in [2.24, 2.45) is 5.92 Å². The zero-order valence-electron chi connectivity index (χ0n) is 20.2. The van der Waals surface area contributed by atoms with Gasteiger partial charge in [-0.25, -0.2) is 0 Å². The summed E-state index contributed by atoms with van der Waals surface area (Å²) < 4.78 is 17.9. The van der Waals surface area contributed by atoms with Crippen LogP contribution in [0.25, 0.3) is 11.6 Å². The summed E-state index contributed by atoms with van der Waals surface area (Å²) in [7, 11) is -3.79. The predicted molar refractivity (Wildman–Crippen MR) is 132 cm³/mol. The number of allylic oxidation sites excluding steroid dienone is 1. The molecular formula is C27H37O3P. The summed E-state index contributed by atoms with van der Waals surface area (Å²) in [6.45, 7) is 17.6. The lowest BCUT2D eigenvalue weighted by atomic mass is 9.71. The van der Waals surface area contributed by atoms with Gasteiger partial charge in [-0.1, -0.05) is 78.0 Å². The van der Waals surface area contributed by atoms with Gasteiger partial charge in [-0.05, 0) is 77.0 Å². The van der Waals surface area contributed by atoms with Gasteiger partial charge < -0.3 is 9.42 Å². The Hall–Kier alpha value is -1.67. The molecule has 2 aromatic carbocycles. The van der Waals surface area contributed by atoms with Gasteiger partial charge in [-0.15, -0.1) is 0 Å². The van der Waals surface area contributed by atoms with Gasteiger partial charge in [-0.2, -0.15) is 0 Å². The largest absolute Gasteiger partial charge is 0.359 e. The van der Waals surface area contributed by atoms with Gasteiger partial charge in [0.1, 0.15) is 0 Å². The molecule has 3 unspecified atom stereocenters. The summed E-state index contributed by atoms with van der Waals surface area (Å²) in [5.74, 6) is 0.564. The van der Waals surface area contributed by atoms with Crippen LogP contribution >= 0.6 is 7.60 Å². The SMILES string of the molecule is CCC(C)OP(=O)(O)c1ccc(C=C(C)c2ccc3c(c2)C(C)(C)C(C)C3(C)C)cc1. The second-order valence-corrected chi connectivity index (χ2v) is 12.0. The fourth-order valence-electron chi connectivity index (χ4n) is 4.72. The molecular weight excluding hydrogens is 403 g/mol. The maximum Gasteiger partial charge on any atom is 0.359 e. The molecule has 3 rings (SSSR count). The second-order valence-electron chi connectivity index (χ2n) is 10.2. The maximum absolute atomic E-state index is 12.5. The average Bonchev–Trinajstić information content (AvgIpc) is 2.85. The molecule has 0 aliphatic heterocycles. The summed E-state index contributed by atoms with van der Waals surface area (Å²) in [5, 5.41) is 0.332. The highest BCUT2D eigenvalue weighted by Gasteiger charge is 2.48. The smallest absolute Gasteiger partial charge is 0.321 e. The molecule has 2 aromatic rings. The van der Waals surface area contributed by atoms with Crippen molar-refractivity contribution in [1.82, 2.24) is 0 Å². The molecule has 1 N–H and O–H groups in total. The standard InChI is InChI=1S/C27H37O3P/c1-9-19(3)30-31(28,29)23-13-10-21(11-14-23)16-18(2)22-12-15-24-25(17-22)27(7,8)20(4)26(24,5)6/h10-17,19-20H,9H2,1-8H3,(H,28,29). The van der Waals surface area contributed by atoms with Crippen molar-refractivity contribution in [2.45, 2.75) is 78.7 Å². The van der Waals surface area contributed by atoms with E-state index in [1.165, 1.54) is 22.3 Å². The first-order valence-corrected chi connectivity index (χ1v) is 12.8. The Labute approximate surface area is 188 Å². The van der Waals surface area contributed by atoms with Crippen LogP contribution in [-0.2, 0) is 19.9 Å². The first kappa shape index (κ1) is 24.0. The summed E-state index contributed by atoms with van der Waals surface area (Å²) in [6.07, 6.45) is 2.56. The summed E-state index contributed by atoms with van der Waals surface area (Å²) >= 11 is 0. The number of fused-ring (bicyclic) bond motifs is 1. The predicted octanol–water partition coefficient (Wildman–Crippen LogP) is 7.08. The highest BCUT2D eigenvalue weighted by molar-refractivity contribution is 7.61. The van der Waals surface area contributed by atoms with Crippen LogP contribution in [0.1, 0.15) is 84.1 Å². The van der Waals surface area contributed by atoms with Gasteiger partial charge in [-0.3, -0.25) is 4.57 Å². The molecule has 0 fully saturated rings. The zero-order chi connectivity index (χ0) is 23.2. The molecule has 0 aromatic heterocycles. The van der Waals surface area contributed by atoms with Gasteiger partial charge in [0.15, 0.2) is 0 Å². The fraction of sp³-hybridized carbons (Fsp3) is 0.481. The van der Waals surface area contributed by atoms with Crippen molar-refractivity contribution in [1.29, 1.82) is 0 Å². The van der Waals surface area contributed by atoms with E-state index in [1.807, 2.05) is 26.0 Å². The van der Waals surface area contributed by atoms with Crippen LogP contribution in [0.2, 0.25) is 0 Å². The quantitative estimate of drug-likeness (QED) is 0.386. The topological polar surface area (TPSA) is 46.5 Å². The molecule has 3 nitrogen and oxygen atoms in total. The third kappa shape index (κ3) is 4.46. The van der Waals surface area contributed by atoms with Crippen LogP contribution in [0.15, 0.2) is 42.5 Å². The van der Waals surface area contributed by atoms with E-state index in [9.17, 15) is 9.46 Å². The van der Waals surface area contributed by atoms with E-state index in [1.54, 1.807) is 12.1 Å². The van der Waals surface area contributed by atoms with Crippen LogP contribution in [0.3, 0.4) is 0 Å². The fourth-order valence-corrected chi connectivity index (χ4v) is 6.01. The summed E-state index contributed by atoms with van der Waals surface area (Å²) in [6, 6.07) is 14.0. The van der Waals surface area contributed by atoms with Crippen LogP contribution < -0.4 is 5.30 Å². The highest BCUT2D eigenvalue weighted by Crippen LogP contribution is 2.53. The molecule has 1 aliphatic carbocycles. The number of rotatable bonds is 6. The number of hydrogen-bond acceptors (Lipinski definition) is 2. The molecule has 3 atom stereocenters. The molecule has 0 saturated carbocycles. The molecule has 0 spiro atoms. The molecule has 1 aliphatic rings. The Kier molecular flexibility index (Phi) is 6.46. The van der Waals surface area contributed by atoms with E-state index < -0.39 is 7.60 Å². The molecule has 0 saturated heterocycles. The van der Waals surface area contributed by atoms with Crippen molar-refractivity contribution in [2.75, 3.05) is 0 Å². The van der Waals surface area contributed by atoms with Crippen molar-refractivity contribution in [3.05, 3.63) is 64.7 Å². The Morgan fingerprint density at radius 1 is 1.10 bits per heavy atom. The second kappa shape index (κ2) is 8.35. The van der Waals surface area contributed by atoms with Gasteiger partial charge in [0.05, 0.1) is 11.4 Å². The highest BCUT2D eigenvalue weighted by atomic mass is 31.2. The Bertz CT molecular complexity index is 1030. The van der Waals surface area contributed by atoms with E-state index in [4.69, 9.17) is 4.52 Å². The van der Waals surface area contributed by atoms with Gasteiger partial charge in [0.2, 0.25) is 0 Å². The minimum atomic E-state index is -3.79. The van der Waals surface area contributed by atoms with Gasteiger partial charge >= 0.3 is 7.60 Å². The van der Waals surface area contributed by atoms with Crippen molar-refractivity contribution in [3.8, 4) is 0 Å². The Balaban J connectivity index is 1.88. The molecule has 0 heterocycles. The molecule has 0 amide bonds. The minimum Gasteiger partial charge on any atom is -0.321 e. The molecule has 4 heteroatoms. The third-order valence-electron chi connectivity index (χ3n) is 7.53. The van der Waals surface area contributed by atoms with Crippen LogP contribution in [-0.4, -0.2) is 11.0 Å². The van der Waals surface area contributed by atoms with Crippen molar-refractivity contribution >= 4 is 24.5 Å². The number of hydrogen-bond donors (Lipinski definition) is 1. The zero-order valence-corrected chi connectivity index (χ0v) is 21.1. The first-order valence-electron chi connectivity index (χ1n) is 11.3. The lowest BCUT2D eigenvalue weighted by Crippen LogP contribution is -2.30. The first-order chi connectivity index (χ1) is 14.3. The lowest BCUT2D eigenvalue weighted by molar-refractivity contribution is 0.192. The van der Waals surface area contributed by atoms with Crippen LogP contribution in [0, 0.1) is 5.92 Å². The molecule has 0 bridgehead atoms. The summed E-state index contributed by atoms with van der Waals surface area (Å²) in [4.78, 5) is 10.3. The summed E-state index contributed by atoms with van der Waals surface area (Å²) in [5.41, 5.74) is 6.58. The van der Waals surface area contributed by atoms with Gasteiger partial charge in [0, 0.05) is 0 Å². The van der Waals surface area contributed by atoms with E-state index >= 15 is 0 Å². The third-order valence-corrected chi connectivity index (χ3v) is 9.12. The molecule has 0 radical (unpaired) electrons. The monoisotopic (exact) mass is 440 g/mol. The normalized spacial score (nSPS) is 22.6. The average molecular weight is 441 g/mol. The van der Waals surface area contributed by atoms with Gasteiger partial charge in [0.25, 0.3) is 0 Å². The Morgan fingerprint density at radius 3 is 2.26 bits per heavy atom. The molecule has 168 valence electrons.